The first kappa shape index (κ1) is 27.9. The van der Waals surface area contributed by atoms with Gasteiger partial charge in [-0.15, -0.1) is 0 Å². The molecule has 3 atom stereocenters. The van der Waals surface area contributed by atoms with Crippen LogP contribution < -0.4 is 15.4 Å². The lowest BCUT2D eigenvalue weighted by molar-refractivity contribution is -0.133. The van der Waals surface area contributed by atoms with Crippen LogP contribution in [0.4, 0.5) is 0 Å². The smallest absolute Gasteiger partial charge is 0.331 e. The van der Waals surface area contributed by atoms with E-state index >= 15 is 0 Å². The van der Waals surface area contributed by atoms with E-state index in [1.807, 2.05) is 50.2 Å². The number of carboxylic acids is 1. The molecule has 0 aromatic heterocycles. The van der Waals surface area contributed by atoms with Gasteiger partial charge in [-0.2, -0.15) is 5.26 Å². The summed E-state index contributed by atoms with van der Waals surface area (Å²) in [4.78, 5) is 23.8. The highest BCUT2D eigenvalue weighted by Gasteiger charge is 2.37. The second kappa shape index (κ2) is 13.6. The molecule has 3 N–H and O–H groups in total. The van der Waals surface area contributed by atoms with E-state index in [9.17, 15) is 14.7 Å². The monoisotopic (exact) mass is 505 g/mol. The Kier molecular flexibility index (Phi) is 10.2. The molecule has 0 unspecified atom stereocenters. The molecule has 0 saturated carbocycles. The van der Waals surface area contributed by atoms with Crippen molar-refractivity contribution in [3.63, 3.8) is 0 Å². The van der Waals surface area contributed by atoms with Crippen LogP contribution in [-0.2, 0) is 27.5 Å². The SMILES string of the molecule is CCC(CC)O[C@@H]1C=C(C(=O)O)C[C@H](NCc2ccc(OCc3cccc(C#N)c3)cc2)[C@H]1NC(C)=O. The van der Waals surface area contributed by atoms with Crippen molar-refractivity contribution in [2.45, 2.75) is 77.5 Å². The molecule has 0 spiro atoms. The summed E-state index contributed by atoms with van der Waals surface area (Å²) in [7, 11) is 0. The minimum absolute atomic E-state index is 0.0266. The van der Waals surface area contributed by atoms with Gasteiger partial charge in [0.2, 0.25) is 5.91 Å². The van der Waals surface area contributed by atoms with Gasteiger partial charge in [0.1, 0.15) is 12.4 Å². The van der Waals surface area contributed by atoms with Crippen molar-refractivity contribution in [1.29, 1.82) is 5.26 Å². The molecular weight excluding hydrogens is 470 g/mol. The Morgan fingerprint density at radius 3 is 2.49 bits per heavy atom. The normalized spacial score (nSPS) is 19.1. The first-order chi connectivity index (χ1) is 17.8. The molecule has 37 heavy (non-hydrogen) atoms. The number of hydrogen-bond donors (Lipinski definition) is 3. The van der Waals surface area contributed by atoms with Crippen LogP contribution in [0.3, 0.4) is 0 Å². The van der Waals surface area contributed by atoms with E-state index in [0.29, 0.717) is 24.5 Å². The standard InChI is InChI=1S/C29H35N3O5/c1-4-24(5-2)37-27-15-23(29(34)35)14-26(28(27)32-19(3)33)31-17-20-9-11-25(12-10-20)36-18-22-8-6-7-21(13-22)16-30/h6-13,15,24,26-28,31H,4-5,14,17-18H2,1-3H3,(H,32,33)(H,34,35)/t26-,27+,28+/m0/s1. The molecule has 0 fully saturated rings. The van der Waals surface area contributed by atoms with Crippen LogP contribution in [-0.4, -0.2) is 41.3 Å². The zero-order chi connectivity index (χ0) is 26.8. The largest absolute Gasteiger partial charge is 0.489 e. The Morgan fingerprint density at radius 1 is 1.14 bits per heavy atom. The number of aliphatic carboxylic acids is 1. The number of nitrogens with zero attached hydrogens (tertiary/aromatic N) is 1. The maximum Gasteiger partial charge on any atom is 0.331 e. The van der Waals surface area contributed by atoms with Crippen molar-refractivity contribution in [2.24, 2.45) is 0 Å². The number of carbonyl (C=O) groups excluding carboxylic acids is 1. The first-order valence-corrected chi connectivity index (χ1v) is 12.6. The number of benzene rings is 2. The van der Waals surface area contributed by atoms with Gasteiger partial charge in [-0.3, -0.25) is 4.79 Å². The molecule has 2 aromatic rings. The fourth-order valence-electron chi connectivity index (χ4n) is 4.42. The lowest BCUT2D eigenvalue weighted by atomic mass is 9.87. The number of carboxylic acid groups (broad SMARTS) is 1. The van der Waals surface area contributed by atoms with E-state index in [4.69, 9.17) is 14.7 Å². The predicted octanol–water partition coefficient (Wildman–Crippen LogP) is 4.09. The summed E-state index contributed by atoms with van der Waals surface area (Å²) < 4.78 is 12.1. The number of hydrogen-bond acceptors (Lipinski definition) is 6. The Labute approximate surface area is 218 Å². The maximum absolute atomic E-state index is 12.0. The minimum Gasteiger partial charge on any atom is -0.489 e. The summed E-state index contributed by atoms with van der Waals surface area (Å²) >= 11 is 0. The topological polar surface area (TPSA) is 121 Å². The zero-order valence-corrected chi connectivity index (χ0v) is 21.6. The summed E-state index contributed by atoms with van der Waals surface area (Å²) in [5, 5.41) is 25.2. The van der Waals surface area contributed by atoms with E-state index in [1.165, 1.54) is 6.92 Å². The van der Waals surface area contributed by atoms with Gasteiger partial charge in [0.05, 0.1) is 29.9 Å². The predicted molar refractivity (Wildman–Crippen MR) is 140 cm³/mol. The van der Waals surface area contributed by atoms with Gasteiger partial charge in [0.15, 0.2) is 0 Å². The van der Waals surface area contributed by atoms with Crippen LogP contribution in [0.15, 0.2) is 60.2 Å². The highest BCUT2D eigenvalue weighted by molar-refractivity contribution is 5.87. The van der Waals surface area contributed by atoms with Crippen LogP contribution in [0.5, 0.6) is 5.75 Å². The van der Waals surface area contributed by atoms with Crippen molar-refractivity contribution >= 4 is 11.9 Å². The number of ether oxygens (including phenoxy) is 2. The summed E-state index contributed by atoms with van der Waals surface area (Å²) in [5.41, 5.74) is 2.78. The molecule has 1 aliphatic rings. The Morgan fingerprint density at radius 2 is 1.86 bits per heavy atom. The van der Waals surface area contributed by atoms with Crippen LogP contribution in [0, 0.1) is 11.3 Å². The average molecular weight is 506 g/mol. The molecule has 3 rings (SSSR count). The van der Waals surface area contributed by atoms with E-state index < -0.39 is 18.1 Å². The second-order valence-corrected chi connectivity index (χ2v) is 9.20. The molecule has 196 valence electrons. The molecular formula is C29H35N3O5. The van der Waals surface area contributed by atoms with Gasteiger partial charge < -0.3 is 25.2 Å². The quantitative estimate of drug-likeness (QED) is 0.397. The zero-order valence-electron chi connectivity index (χ0n) is 21.6. The molecule has 8 heteroatoms. The van der Waals surface area contributed by atoms with E-state index in [0.717, 1.165) is 24.0 Å². The van der Waals surface area contributed by atoms with Crippen molar-refractivity contribution in [3.05, 3.63) is 76.9 Å². The number of nitriles is 1. The number of carbonyl (C=O) groups is 2. The number of amides is 1. The molecule has 1 aliphatic carbocycles. The molecule has 1 amide bonds. The van der Waals surface area contributed by atoms with E-state index in [2.05, 4.69) is 16.7 Å². The lowest BCUT2D eigenvalue weighted by Gasteiger charge is -2.38. The van der Waals surface area contributed by atoms with Crippen molar-refractivity contribution in [3.8, 4) is 11.8 Å². The Bertz CT molecular complexity index is 1130. The summed E-state index contributed by atoms with van der Waals surface area (Å²) in [6.45, 7) is 6.35. The third-order valence-corrected chi connectivity index (χ3v) is 6.45. The van der Waals surface area contributed by atoms with Crippen LogP contribution in [0.1, 0.15) is 56.7 Å². The van der Waals surface area contributed by atoms with Crippen LogP contribution in [0.25, 0.3) is 0 Å². The van der Waals surface area contributed by atoms with Crippen LogP contribution >= 0.6 is 0 Å². The molecule has 0 bridgehead atoms. The number of rotatable bonds is 12. The fourth-order valence-corrected chi connectivity index (χ4v) is 4.42. The lowest BCUT2D eigenvalue weighted by Crippen LogP contribution is -2.58. The van der Waals surface area contributed by atoms with E-state index in [1.54, 1.807) is 18.2 Å². The van der Waals surface area contributed by atoms with Gasteiger partial charge in [0.25, 0.3) is 0 Å². The van der Waals surface area contributed by atoms with Crippen molar-refractivity contribution < 1.29 is 24.2 Å². The molecule has 0 saturated heterocycles. The molecule has 0 heterocycles. The highest BCUT2D eigenvalue weighted by Crippen LogP contribution is 2.25. The summed E-state index contributed by atoms with van der Waals surface area (Å²) in [6.07, 6.45) is 2.94. The molecule has 8 nitrogen and oxygen atoms in total. The highest BCUT2D eigenvalue weighted by atomic mass is 16.5. The first-order valence-electron chi connectivity index (χ1n) is 12.6. The third kappa shape index (κ3) is 8.17. The minimum atomic E-state index is -0.979. The van der Waals surface area contributed by atoms with E-state index in [-0.39, 0.29) is 30.0 Å². The maximum atomic E-state index is 12.0. The molecule has 0 radical (unpaired) electrons. The molecule has 0 aliphatic heterocycles. The van der Waals surface area contributed by atoms with Gasteiger partial charge in [-0.25, -0.2) is 4.79 Å². The van der Waals surface area contributed by atoms with Crippen LogP contribution in [0.2, 0.25) is 0 Å². The van der Waals surface area contributed by atoms with Gasteiger partial charge >= 0.3 is 5.97 Å². The Balaban J connectivity index is 1.66. The average Bonchev–Trinajstić information content (AvgIpc) is 2.90. The van der Waals surface area contributed by atoms with Gasteiger partial charge in [-0.1, -0.05) is 38.1 Å². The van der Waals surface area contributed by atoms with Gasteiger partial charge in [0, 0.05) is 25.1 Å². The van der Waals surface area contributed by atoms with Crippen molar-refractivity contribution in [2.75, 3.05) is 0 Å². The second-order valence-electron chi connectivity index (χ2n) is 9.20. The Hall–Kier alpha value is -3.67. The molecule has 2 aromatic carbocycles. The number of nitrogens with one attached hydrogen (secondary N) is 2. The van der Waals surface area contributed by atoms with Gasteiger partial charge in [-0.05, 0) is 60.7 Å². The third-order valence-electron chi connectivity index (χ3n) is 6.45. The fraction of sp³-hybridized carbons (Fsp3) is 0.414. The summed E-state index contributed by atoms with van der Waals surface area (Å²) in [6, 6.07) is 16.3. The van der Waals surface area contributed by atoms with Crippen molar-refractivity contribution in [1.82, 2.24) is 10.6 Å². The summed E-state index contributed by atoms with van der Waals surface area (Å²) in [5.74, 6) is -0.466.